The number of rotatable bonds is 4. The summed E-state index contributed by atoms with van der Waals surface area (Å²) in [5.41, 5.74) is 11.2. The molecule has 142 valence electrons. The third kappa shape index (κ3) is 3.03. The van der Waals surface area contributed by atoms with Gasteiger partial charge in [0.2, 0.25) is 0 Å². The lowest BCUT2D eigenvalue weighted by molar-refractivity contribution is 0.0988. The zero-order chi connectivity index (χ0) is 20.6. The Balaban J connectivity index is 2.12. The second-order valence-corrected chi connectivity index (χ2v) is 6.03. The van der Waals surface area contributed by atoms with Crippen LogP contribution in [0.5, 0.6) is 23.0 Å². The number of phenols is 4. The third-order valence-corrected chi connectivity index (χ3v) is 4.32. The van der Waals surface area contributed by atoms with Crippen LogP contribution in [0.3, 0.4) is 0 Å². The number of carbonyl (C=O) groups is 2. The highest BCUT2D eigenvalue weighted by molar-refractivity contribution is 5.99. The van der Waals surface area contributed by atoms with Crippen LogP contribution in [0.15, 0.2) is 48.5 Å². The Kier molecular flexibility index (Phi) is 4.54. The molecule has 28 heavy (non-hydrogen) atoms. The summed E-state index contributed by atoms with van der Waals surface area (Å²) in [4.78, 5) is 22.5. The van der Waals surface area contributed by atoms with Crippen molar-refractivity contribution in [3.8, 4) is 45.3 Å². The van der Waals surface area contributed by atoms with E-state index in [0.29, 0.717) is 11.1 Å². The molecule has 8 nitrogen and oxygen atoms in total. The summed E-state index contributed by atoms with van der Waals surface area (Å²) in [7, 11) is 0. The summed E-state index contributed by atoms with van der Waals surface area (Å²) < 4.78 is 0. The monoisotopic (exact) mass is 380 g/mol. The van der Waals surface area contributed by atoms with Crippen LogP contribution in [0.1, 0.15) is 20.7 Å². The minimum absolute atomic E-state index is 0.220. The van der Waals surface area contributed by atoms with E-state index in [4.69, 9.17) is 11.5 Å². The van der Waals surface area contributed by atoms with Crippen molar-refractivity contribution in [1.29, 1.82) is 0 Å². The fourth-order valence-electron chi connectivity index (χ4n) is 2.88. The number of amides is 2. The number of hydrogen-bond acceptors (Lipinski definition) is 6. The van der Waals surface area contributed by atoms with Gasteiger partial charge in [-0.3, -0.25) is 9.59 Å². The van der Waals surface area contributed by atoms with E-state index in [0.717, 1.165) is 0 Å². The van der Waals surface area contributed by atoms with Gasteiger partial charge in [-0.25, -0.2) is 0 Å². The van der Waals surface area contributed by atoms with Crippen molar-refractivity contribution in [3.05, 3.63) is 59.7 Å². The molecule has 0 aliphatic rings. The maximum absolute atomic E-state index is 11.3. The predicted molar refractivity (Wildman–Crippen MR) is 101 cm³/mol. The largest absolute Gasteiger partial charge is 0.504 e. The lowest BCUT2D eigenvalue weighted by Gasteiger charge is -2.12. The molecular formula is C20H16N2O6. The quantitative estimate of drug-likeness (QED) is 0.379. The Hall–Kier alpha value is -4.20. The molecule has 0 aromatic heterocycles. The predicted octanol–water partition coefficient (Wildman–Crippen LogP) is 2.04. The topological polar surface area (TPSA) is 167 Å². The highest BCUT2D eigenvalue weighted by atomic mass is 16.3. The summed E-state index contributed by atoms with van der Waals surface area (Å²) in [6.07, 6.45) is 0. The second kappa shape index (κ2) is 6.84. The van der Waals surface area contributed by atoms with Gasteiger partial charge < -0.3 is 31.9 Å². The molecule has 0 radical (unpaired) electrons. The van der Waals surface area contributed by atoms with Crippen molar-refractivity contribution in [3.63, 3.8) is 0 Å². The van der Waals surface area contributed by atoms with Gasteiger partial charge in [-0.2, -0.15) is 0 Å². The first-order valence-electron chi connectivity index (χ1n) is 8.02. The first-order valence-corrected chi connectivity index (χ1v) is 8.02. The average molecular weight is 380 g/mol. The number of aromatic hydroxyl groups is 4. The Morgan fingerprint density at radius 3 is 1.36 bits per heavy atom. The zero-order valence-corrected chi connectivity index (χ0v) is 14.4. The standard InChI is InChI=1S/C20H16N2O6/c21-19(27)13-6-4-11(15(23)17(13)25)9-2-1-3-10(8-9)12-5-7-14(20(22)28)18(26)16(12)24/h1-8,23-26H,(H2,21,27)(H2,22,28). The van der Waals surface area contributed by atoms with E-state index in [1.807, 2.05) is 0 Å². The van der Waals surface area contributed by atoms with E-state index in [9.17, 15) is 30.0 Å². The molecule has 3 aromatic carbocycles. The number of benzene rings is 3. The second-order valence-electron chi connectivity index (χ2n) is 6.03. The van der Waals surface area contributed by atoms with Crippen molar-refractivity contribution in [2.45, 2.75) is 0 Å². The highest BCUT2D eigenvalue weighted by Gasteiger charge is 2.19. The molecule has 0 spiro atoms. The summed E-state index contributed by atoms with van der Waals surface area (Å²) in [6, 6.07) is 11.9. The van der Waals surface area contributed by atoms with Crippen LogP contribution >= 0.6 is 0 Å². The number of phenolic OH excluding ortho intramolecular Hbond substituents is 2. The molecule has 0 atom stereocenters. The molecule has 8 N–H and O–H groups in total. The van der Waals surface area contributed by atoms with E-state index in [-0.39, 0.29) is 22.3 Å². The summed E-state index contributed by atoms with van der Waals surface area (Å²) in [5.74, 6) is -4.09. The Bertz CT molecular complexity index is 1040. The van der Waals surface area contributed by atoms with E-state index >= 15 is 0 Å². The van der Waals surface area contributed by atoms with Gasteiger partial charge in [0.1, 0.15) is 0 Å². The average Bonchev–Trinajstić information content (AvgIpc) is 2.65. The molecule has 8 heteroatoms. The minimum atomic E-state index is -0.886. The van der Waals surface area contributed by atoms with Gasteiger partial charge in [0.25, 0.3) is 11.8 Å². The first-order chi connectivity index (χ1) is 13.2. The molecule has 0 bridgehead atoms. The Labute approximate surface area is 158 Å². The number of carbonyl (C=O) groups excluding carboxylic acids is 2. The smallest absolute Gasteiger partial charge is 0.252 e. The van der Waals surface area contributed by atoms with Crippen LogP contribution in [-0.2, 0) is 0 Å². The molecule has 3 aromatic rings. The Morgan fingerprint density at radius 1 is 0.607 bits per heavy atom. The summed E-state index contributed by atoms with van der Waals surface area (Å²) in [6.45, 7) is 0. The van der Waals surface area contributed by atoms with Crippen LogP contribution in [-0.4, -0.2) is 32.2 Å². The van der Waals surface area contributed by atoms with E-state index < -0.39 is 34.8 Å². The van der Waals surface area contributed by atoms with Crippen molar-refractivity contribution in [2.75, 3.05) is 0 Å². The lowest BCUT2D eigenvalue weighted by atomic mass is 9.95. The van der Waals surface area contributed by atoms with Gasteiger partial charge in [0.05, 0.1) is 11.1 Å². The Morgan fingerprint density at radius 2 is 1.00 bits per heavy atom. The maximum Gasteiger partial charge on any atom is 0.252 e. The molecule has 3 rings (SSSR count). The van der Waals surface area contributed by atoms with Gasteiger partial charge in [0.15, 0.2) is 23.0 Å². The highest BCUT2D eigenvalue weighted by Crippen LogP contribution is 2.42. The molecule has 0 saturated heterocycles. The van der Waals surface area contributed by atoms with Crippen LogP contribution in [0, 0.1) is 0 Å². The number of hydrogen-bond donors (Lipinski definition) is 6. The zero-order valence-electron chi connectivity index (χ0n) is 14.4. The maximum atomic E-state index is 11.3. The molecule has 0 heterocycles. The van der Waals surface area contributed by atoms with Crippen molar-refractivity contribution in [2.24, 2.45) is 11.5 Å². The van der Waals surface area contributed by atoms with Gasteiger partial charge in [-0.15, -0.1) is 0 Å². The van der Waals surface area contributed by atoms with Crippen LogP contribution < -0.4 is 11.5 Å². The SMILES string of the molecule is NC(=O)c1ccc(-c2cccc(-c3ccc(C(N)=O)c(O)c3O)c2)c(O)c1O. The molecule has 2 amide bonds. The van der Waals surface area contributed by atoms with Gasteiger partial charge in [-0.05, 0) is 41.5 Å². The van der Waals surface area contributed by atoms with Crippen LogP contribution in [0.2, 0.25) is 0 Å². The van der Waals surface area contributed by atoms with E-state index in [2.05, 4.69) is 0 Å². The molecular weight excluding hydrogens is 364 g/mol. The normalized spacial score (nSPS) is 10.6. The summed E-state index contributed by atoms with van der Waals surface area (Å²) in [5, 5.41) is 40.5. The molecule has 0 unspecified atom stereocenters. The fourth-order valence-corrected chi connectivity index (χ4v) is 2.88. The van der Waals surface area contributed by atoms with E-state index in [1.165, 1.54) is 24.3 Å². The molecule has 0 aliphatic heterocycles. The van der Waals surface area contributed by atoms with Crippen molar-refractivity contribution < 1.29 is 30.0 Å². The molecule has 0 fully saturated rings. The minimum Gasteiger partial charge on any atom is -0.504 e. The van der Waals surface area contributed by atoms with Crippen LogP contribution in [0.4, 0.5) is 0 Å². The van der Waals surface area contributed by atoms with Crippen molar-refractivity contribution in [1.82, 2.24) is 0 Å². The van der Waals surface area contributed by atoms with Gasteiger partial charge in [-0.1, -0.05) is 18.2 Å². The van der Waals surface area contributed by atoms with Gasteiger partial charge in [0, 0.05) is 11.1 Å². The number of nitrogens with two attached hydrogens (primary N) is 2. The van der Waals surface area contributed by atoms with E-state index in [1.54, 1.807) is 24.3 Å². The summed E-state index contributed by atoms with van der Waals surface area (Å²) >= 11 is 0. The van der Waals surface area contributed by atoms with Gasteiger partial charge >= 0.3 is 0 Å². The van der Waals surface area contributed by atoms with Crippen LogP contribution in [0.25, 0.3) is 22.3 Å². The first kappa shape index (κ1) is 18.6. The number of primary amides is 2. The lowest BCUT2D eigenvalue weighted by Crippen LogP contribution is -2.11. The molecule has 0 saturated carbocycles. The van der Waals surface area contributed by atoms with Crippen molar-refractivity contribution >= 4 is 11.8 Å². The third-order valence-electron chi connectivity index (χ3n) is 4.32. The molecule has 0 aliphatic carbocycles. The fraction of sp³-hybridized carbons (Fsp3) is 0.